The summed E-state index contributed by atoms with van der Waals surface area (Å²) in [4.78, 5) is 0. The third-order valence-corrected chi connectivity index (χ3v) is 13.2. The molecule has 184 valence electrons. The van der Waals surface area contributed by atoms with Gasteiger partial charge in [0.25, 0.3) is 8.32 Å². The summed E-state index contributed by atoms with van der Waals surface area (Å²) in [6.07, 6.45) is 6.53. The maximum absolute atomic E-state index is 9.90. The van der Waals surface area contributed by atoms with Gasteiger partial charge in [-0.25, -0.2) is 0 Å². The van der Waals surface area contributed by atoms with Gasteiger partial charge >= 0.3 is 0 Å². The molecule has 1 fully saturated rings. The minimum atomic E-state index is -2.03. The van der Waals surface area contributed by atoms with Crippen molar-refractivity contribution in [3.63, 3.8) is 0 Å². The van der Waals surface area contributed by atoms with Gasteiger partial charge in [0, 0.05) is 12.0 Å². The molecule has 0 atom stereocenters. The number of nitrogens with zero attached hydrogens (tertiary/aromatic N) is 1. The summed E-state index contributed by atoms with van der Waals surface area (Å²) in [6, 6.07) is 10.4. The fraction of sp³-hybridized carbons (Fsp3) is 0.536. The van der Waals surface area contributed by atoms with Crippen LogP contribution in [0.3, 0.4) is 0 Å². The fourth-order valence-corrected chi connectivity index (χ4v) is 10.8. The Morgan fingerprint density at radius 2 is 1.74 bits per heavy atom. The number of hydrogen-bond donors (Lipinski definition) is 0. The van der Waals surface area contributed by atoms with Gasteiger partial charge in [-0.2, -0.15) is 5.26 Å². The van der Waals surface area contributed by atoms with Crippen LogP contribution in [0.4, 0.5) is 0 Å². The van der Waals surface area contributed by atoms with Crippen molar-refractivity contribution in [2.24, 2.45) is 0 Å². The minimum absolute atomic E-state index is 0.504. The van der Waals surface area contributed by atoms with Crippen molar-refractivity contribution in [3.8, 4) is 11.8 Å². The SMILES string of the molecule is Cc1cc(O[Si](C(C)C)(C(C)C)C(C)C)ccc1/C(C#N)=C/CCC1(c2ccoc2)OCCO1. The normalized spacial score (nSPS) is 16.4. The quantitative estimate of drug-likeness (QED) is 0.257. The highest BCUT2D eigenvalue weighted by Crippen LogP contribution is 2.43. The summed E-state index contributed by atoms with van der Waals surface area (Å²) in [7, 11) is -2.03. The maximum atomic E-state index is 9.90. The average molecular weight is 482 g/mol. The summed E-state index contributed by atoms with van der Waals surface area (Å²) >= 11 is 0. The lowest BCUT2D eigenvalue weighted by Crippen LogP contribution is -2.50. The molecule has 0 bridgehead atoms. The first-order chi connectivity index (χ1) is 16.2. The van der Waals surface area contributed by atoms with E-state index in [0.29, 0.717) is 48.3 Å². The molecule has 0 aliphatic carbocycles. The van der Waals surface area contributed by atoms with E-state index in [-0.39, 0.29) is 0 Å². The fourth-order valence-electron chi connectivity index (χ4n) is 5.57. The van der Waals surface area contributed by atoms with Gasteiger partial charge in [-0.1, -0.05) is 47.6 Å². The highest BCUT2D eigenvalue weighted by Gasteiger charge is 2.47. The molecular formula is C28H39NO4Si. The van der Waals surface area contributed by atoms with Crippen LogP contribution in [0.5, 0.6) is 5.75 Å². The zero-order valence-corrected chi connectivity index (χ0v) is 22.7. The molecule has 0 spiro atoms. The molecule has 3 rings (SSSR count). The molecule has 1 aliphatic heterocycles. The van der Waals surface area contributed by atoms with Crippen LogP contribution in [-0.4, -0.2) is 21.5 Å². The molecule has 0 N–H and O–H groups in total. The number of hydrogen-bond acceptors (Lipinski definition) is 5. The zero-order valence-electron chi connectivity index (χ0n) is 21.7. The molecule has 2 heterocycles. The molecule has 34 heavy (non-hydrogen) atoms. The van der Waals surface area contributed by atoms with Crippen molar-refractivity contribution in [1.82, 2.24) is 0 Å². The molecule has 5 nitrogen and oxygen atoms in total. The summed E-state index contributed by atoms with van der Waals surface area (Å²) in [5.41, 5.74) is 5.03. The first kappa shape index (κ1) is 26.3. The van der Waals surface area contributed by atoms with Crippen LogP contribution >= 0.6 is 0 Å². The molecule has 1 aliphatic rings. The Morgan fingerprint density at radius 3 is 2.24 bits per heavy atom. The lowest BCUT2D eigenvalue weighted by Gasteiger charge is -2.42. The van der Waals surface area contributed by atoms with E-state index in [0.717, 1.165) is 22.4 Å². The van der Waals surface area contributed by atoms with Crippen LogP contribution in [0, 0.1) is 18.3 Å². The number of rotatable bonds is 10. The largest absolute Gasteiger partial charge is 0.543 e. The van der Waals surface area contributed by atoms with E-state index in [2.05, 4.69) is 53.7 Å². The summed E-state index contributed by atoms with van der Waals surface area (Å²) in [5.74, 6) is 0.114. The highest BCUT2D eigenvalue weighted by molar-refractivity contribution is 6.78. The molecule has 1 saturated heterocycles. The summed E-state index contributed by atoms with van der Waals surface area (Å²) in [6.45, 7) is 16.9. The third kappa shape index (κ3) is 5.17. The van der Waals surface area contributed by atoms with E-state index in [9.17, 15) is 5.26 Å². The van der Waals surface area contributed by atoms with Gasteiger partial charge in [0.05, 0.1) is 37.4 Å². The molecule has 2 aromatic rings. The Labute approximate surface area is 205 Å². The molecule has 0 radical (unpaired) electrons. The second kappa shape index (κ2) is 10.9. The first-order valence-electron chi connectivity index (χ1n) is 12.4. The summed E-state index contributed by atoms with van der Waals surface area (Å²) in [5, 5.41) is 9.90. The average Bonchev–Trinajstić information content (AvgIpc) is 3.48. The standard InChI is InChI=1S/C28H39NO4Si/c1-20(2)34(21(3)4,22(5)6)33-26-10-11-27(23(7)17-26)24(18-29)9-8-13-28(31-15-16-32-28)25-12-14-30-19-25/h9-12,14,17,19-22H,8,13,15-16H2,1-7H3/b24-9+. The van der Waals surface area contributed by atoms with Crippen molar-refractivity contribution in [2.45, 2.75) is 83.7 Å². The van der Waals surface area contributed by atoms with Crippen LogP contribution in [0.25, 0.3) is 5.57 Å². The predicted molar refractivity (Wildman–Crippen MR) is 138 cm³/mol. The highest BCUT2D eigenvalue weighted by atomic mass is 28.4. The Bertz CT molecular complexity index is 990. The van der Waals surface area contributed by atoms with Crippen LogP contribution in [-0.2, 0) is 15.3 Å². The van der Waals surface area contributed by atoms with E-state index >= 15 is 0 Å². The Morgan fingerprint density at radius 1 is 1.09 bits per heavy atom. The number of benzene rings is 1. The van der Waals surface area contributed by atoms with Gasteiger partial charge < -0.3 is 18.3 Å². The van der Waals surface area contributed by atoms with Crippen molar-refractivity contribution < 1.29 is 18.3 Å². The number of aryl methyl sites for hydroxylation is 1. The van der Waals surface area contributed by atoms with E-state index in [4.69, 9.17) is 18.3 Å². The maximum Gasteiger partial charge on any atom is 0.258 e. The predicted octanol–water partition coefficient (Wildman–Crippen LogP) is 7.73. The number of nitriles is 1. The molecule has 0 unspecified atom stereocenters. The second-order valence-electron chi connectivity index (χ2n) is 10.1. The summed E-state index contributed by atoms with van der Waals surface area (Å²) < 4.78 is 24.0. The van der Waals surface area contributed by atoms with Gasteiger partial charge in [0.2, 0.25) is 0 Å². The van der Waals surface area contributed by atoms with Crippen LogP contribution in [0.2, 0.25) is 16.6 Å². The van der Waals surface area contributed by atoms with Crippen molar-refractivity contribution >= 4 is 13.9 Å². The van der Waals surface area contributed by atoms with Gasteiger partial charge in [0.1, 0.15) is 5.75 Å². The van der Waals surface area contributed by atoms with Crippen molar-refractivity contribution in [2.75, 3.05) is 13.2 Å². The van der Waals surface area contributed by atoms with Crippen LogP contribution in [0.1, 0.15) is 71.1 Å². The lowest BCUT2D eigenvalue weighted by atomic mass is 9.98. The van der Waals surface area contributed by atoms with Crippen molar-refractivity contribution in [3.05, 3.63) is 59.6 Å². The molecule has 0 amide bonds. The smallest absolute Gasteiger partial charge is 0.258 e. The van der Waals surface area contributed by atoms with E-state index in [1.807, 2.05) is 31.2 Å². The van der Waals surface area contributed by atoms with Crippen LogP contribution in [0.15, 0.2) is 47.3 Å². The molecule has 1 aromatic heterocycles. The van der Waals surface area contributed by atoms with E-state index in [1.54, 1.807) is 12.5 Å². The molecule has 0 saturated carbocycles. The Balaban J connectivity index is 1.80. The van der Waals surface area contributed by atoms with Gasteiger partial charge in [-0.3, -0.25) is 0 Å². The van der Waals surface area contributed by atoms with Gasteiger partial charge in [-0.05, 0) is 65.4 Å². The molecular weight excluding hydrogens is 442 g/mol. The topological polar surface area (TPSA) is 64.6 Å². The minimum Gasteiger partial charge on any atom is -0.543 e. The monoisotopic (exact) mass is 481 g/mol. The molecule has 6 heteroatoms. The van der Waals surface area contributed by atoms with E-state index < -0.39 is 14.1 Å². The van der Waals surface area contributed by atoms with Gasteiger partial charge in [0.15, 0.2) is 5.79 Å². The lowest BCUT2D eigenvalue weighted by molar-refractivity contribution is -0.170. The van der Waals surface area contributed by atoms with Gasteiger partial charge in [-0.15, -0.1) is 0 Å². The molecule has 1 aromatic carbocycles. The number of furan rings is 1. The number of ether oxygens (including phenoxy) is 2. The Hall–Kier alpha value is -2.33. The first-order valence-corrected chi connectivity index (χ1v) is 14.5. The zero-order chi connectivity index (χ0) is 24.9. The Kier molecular flexibility index (Phi) is 8.46. The van der Waals surface area contributed by atoms with Crippen molar-refractivity contribution in [1.29, 1.82) is 5.26 Å². The third-order valence-electron chi connectivity index (χ3n) is 7.15. The number of allylic oxidation sites excluding steroid dienone is 2. The second-order valence-corrected chi connectivity index (χ2v) is 15.5. The van der Waals surface area contributed by atoms with E-state index in [1.165, 1.54) is 0 Å². The van der Waals surface area contributed by atoms with Crippen LogP contribution < -0.4 is 4.43 Å².